The van der Waals surface area contributed by atoms with Crippen LogP contribution in [0.2, 0.25) is 0 Å². The molecule has 2 aromatic carbocycles. The Balaban J connectivity index is 2.09. The summed E-state index contributed by atoms with van der Waals surface area (Å²) in [6.07, 6.45) is 1.30. The van der Waals surface area contributed by atoms with Gasteiger partial charge in [0.1, 0.15) is 17.1 Å². The topological polar surface area (TPSA) is 57.0 Å². The summed E-state index contributed by atoms with van der Waals surface area (Å²) in [5.74, 6) is 0.680. The van der Waals surface area contributed by atoms with Gasteiger partial charge in [0.2, 0.25) is 0 Å². The highest BCUT2D eigenvalue weighted by Crippen LogP contribution is 2.24. The van der Waals surface area contributed by atoms with Crippen LogP contribution in [-0.4, -0.2) is 28.4 Å². The number of methoxy groups -OCH3 is 1. The molecule has 110 valence electrons. The van der Waals surface area contributed by atoms with Crippen molar-refractivity contribution < 1.29 is 9.53 Å². The van der Waals surface area contributed by atoms with E-state index in [0.29, 0.717) is 17.9 Å². The molecule has 3 rings (SSSR count). The van der Waals surface area contributed by atoms with E-state index in [9.17, 15) is 4.79 Å². The second kappa shape index (κ2) is 6.22. The van der Waals surface area contributed by atoms with Gasteiger partial charge >= 0.3 is 0 Å². The van der Waals surface area contributed by atoms with E-state index in [-0.39, 0.29) is 0 Å². The van der Waals surface area contributed by atoms with Crippen molar-refractivity contribution in [3.63, 3.8) is 0 Å². The molecule has 0 aliphatic heterocycles. The fraction of sp³-hybridized carbons (Fsp3) is 0.118. The highest BCUT2D eigenvalue weighted by atomic mass is 16.5. The van der Waals surface area contributed by atoms with E-state index in [1.165, 1.54) is 0 Å². The lowest BCUT2D eigenvalue weighted by molar-refractivity contribution is 0.111. The summed E-state index contributed by atoms with van der Waals surface area (Å²) in [4.78, 5) is 11.3. The number of ether oxygens (including phenoxy) is 1. The summed E-state index contributed by atoms with van der Waals surface area (Å²) < 4.78 is 7.03. The zero-order chi connectivity index (χ0) is 15.4. The molecule has 0 fully saturated rings. The van der Waals surface area contributed by atoms with Crippen molar-refractivity contribution in [1.29, 1.82) is 0 Å². The Morgan fingerprint density at radius 3 is 2.55 bits per heavy atom. The Morgan fingerprint density at radius 2 is 1.82 bits per heavy atom. The first-order valence-corrected chi connectivity index (χ1v) is 6.90. The van der Waals surface area contributed by atoms with Crippen LogP contribution in [-0.2, 0) is 6.42 Å². The van der Waals surface area contributed by atoms with Crippen LogP contribution in [0.1, 0.15) is 21.7 Å². The van der Waals surface area contributed by atoms with Gasteiger partial charge in [-0.3, -0.25) is 4.79 Å². The first-order chi connectivity index (χ1) is 10.8. The zero-order valence-electron chi connectivity index (χ0n) is 12.1. The van der Waals surface area contributed by atoms with Gasteiger partial charge in [-0.05, 0) is 17.7 Å². The van der Waals surface area contributed by atoms with Crippen molar-refractivity contribution >= 4 is 6.29 Å². The van der Waals surface area contributed by atoms with Gasteiger partial charge in [-0.2, -0.15) is 0 Å². The number of aldehydes is 1. The Labute approximate surface area is 128 Å². The minimum Gasteiger partial charge on any atom is -0.494 e. The fourth-order valence-corrected chi connectivity index (χ4v) is 2.36. The van der Waals surface area contributed by atoms with Gasteiger partial charge in [-0.25, -0.2) is 4.68 Å². The van der Waals surface area contributed by atoms with E-state index < -0.39 is 0 Å². The standard InChI is InChI=1S/C17H15N3O2/c1-22-17-10-6-5-9-15(17)20-16(14(12-21)18-19-20)11-13-7-3-2-4-8-13/h2-10,12H,11H2,1H3. The SMILES string of the molecule is COc1ccccc1-n1nnc(C=O)c1Cc1ccccc1. The molecule has 0 bridgehead atoms. The van der Waals surface area contributed by atoms with Gasteiger partial charge in [0, 0.05) is 6.42 Å². The summed E-state index contributed by atoms with van der Waals surface area (Å²) in [5.41, 5.74) is 2.93. The predicted octanol–water partition coefficient (Wildman–Crippen LogP) is 2.68. The van der Waals surface area contributed by atoms with Crippen LogP contribution in [0.3, 0.4) is 0 Å². The number of carbonyl (C=O) groups excluding carboxylic acids is 1. The summed E-state index contributed by atoms with van der Waals surface area (Å²) in [5, 5.41) is 8.09. The lowest BCUT2D eigenvalue weighted by Gasteiger charge is -2.11. The number of hydrogen-bond acceptors (Lipinski definition) is 4. The summed E-state index contributed by atoms with van der Waals surface area (Å²) in [7, 11) is 1.60. The van der Waals surface area contributed by atoms with Crippen LogP contribution in [0.15, 0.2) is 54.6 Å². The molecule has 22 heavy (non-hydrogen) atoms. The van der Waals surface area contributed by atoms with E-state index in [1.54, 1.807) is 11.8 Å². The molecule has 0 unspecified atom stereocenters. The van der Waals surface area contributed by atoms with Crippen molar-refractivity contribution in [3.8, 4) is 11.4 Å². The van der Waals surface area contributed by atoms with Gasteiger partial charge in [-0.15, -0.1) is 5.10 Å². The first kappa shape index (κ1) is 14.0. The summed E-state index contributed by atoms with van der Waals surface area (Å²) in [6.45, 7) is 0. The molecule has 1 aromatic heterocycles. The average Bonchev–Trinajstić information content (AvgIpc) is 2.98. The largest absolute Gasteiger partial charge is 0.494 e. The monoisotopic (exact) mass is 293 g/mol. The molecule has 0 aliphatic carbocycles. The Bertz CT molecular complexity index is 782. The van der Waals surface area contributed by atoms with E-state index in [4.69, 9.17) is 4.74 Å². The second-order valence-corrected chi connectivity index (χ2v) is 4.79. The molecule has 5 nitrogen and oxygen atoms in total. The molecule has 0 saturated carbocycles. The van der Waals surface area contributed by atoms with Crippen LogP contribution in [0.25, 0.3) is 5.69 Å². The molecule has 0 aliphatic rings. The van der Waals surface area contributed by atoms with Crippen molar-refractivity contribution in [2.24, 2.45) is 0 Å². The molecule has 0 amide bonds. The van der Waals surface area contributed by atoms with Crippen molar-refractivity contribution in [1.82, 2.24) is 15.0 Å². The second-order valence-electron chi connectivity index (χ2n) is 4.79. The van der Waals surface area contributed by atoms with Gasteiger partial charge in [0.25, 0.3) is 0 Å². The van der Waals surface area contributed by atoms with E-state index in [1.807, 2.05) is 54.6 Å². The molecular weight excluding hydrogens is 278 g/mol. The molecule has 5 heteroatoms. The molecule has 3 aromatic rings. The number of aromatic nitrogens is 3. The van der Waals surface area contributed by atoms with Crippen LogP contribution < -0.4 is 4.74 Å². The third-order valence-corrected chi connectivity index (χ3v) is 3.43. The molecule has 0 N–H and O–H groups in total. The number of hydrogen-bond donors (Lipinski definition) is 0. The number of para-hydroxylation sites is 2. The van der Waals surface area contributed by atoms with E-state index in [0.717, 1.165) is 23.2 Å². The number of rotatable bonds is 5. The van der Waals surface area contributed by atoms with Crippen LogP contribution in [0, 0.1) is 0 Å². The maximum atomic E-state index is 11.3. The van der Waals surface area contributed by atoms with Crippen molar-refractivity contribution in [2.75, 3.05) is 7.11 Å². The van der Waals surface area contributed by atoms with Crippen molar-refractivity contribution in [2.45, 2.75) is 6.42 Å². The molecule has 0 saturated heterocycles. The van der Waals surface area contributed by atoms with Gasteiger partial charge in [0.05, 0.1) is 12.8 Å². The molecular formula is C17H15N3O2. The number of nitrogens with zero attached hydrogens (tertiary/aromatic N) is 3. The smallest absolute Gasteiger partial charge is 0.172 e. The van der Waals surface area contributed by atoms with E-state index in [2.05, 4.69) is 10.3 Å². The minimum atomic E-state index is 0.342. The Morgan fingerprint density at radius 1 is 1.09 bits per heavy atom. The van der Waals surface area contributed by atoms with Crippen LogP contribution in [0.5, 0.6) is 5.75 Å². The minimum absolute atomic E-state index is 0.342. The quantitative estimate of drug-likeness (QED) is 0.679. The molecule has 0 radical (unpaired) electrons. The zero-order valence-corrected chi connectivity index (χ0v) is 12.1. The van der Waals surface area contributed by atoms with Gasteiger partial charge in [0.15, 0.2) is 6.29 Å². The average molecular weight is 293 g/mol. The summed E-state index contributed by atoms with van der Waals surface area (Å²) in [6, 6.07) is 17.4. The number of benzene rings is 2. The normalized spacial score (nSPS) is 10.4. The highest BCUT2D eigenvalue weighted by Gasteiger charge is 2.16. The third kappa shape index (κ3) is 2.61. The maximum Gasteiger partial charge on any atom is 0.172 e. The number of carbonyl (C=O) groups is 1. The summed E-state index contributed by atoms with van der Waals surface area (Å²) >= 11 is 0. The Hall–Kier alpha value is -2.95. The van der Waals surface area contributed by atoms with Crippen LogP contribution in [0.4, 0.5) is 0 Å². The molecule has 0 atom stereocenters. The fourth-order valence-electron chi connectivity index (χ4n) is 2.36. The lowest BCUT2D eigenvalue weighted by atomic mass is 10.1. The first-order valence-electron chi connectivity index (χ1n) is 6.90. The Kier molecular flexibility index (Phi) is 3.96. The third-order valence-electron chi connectivity index (χ3n) is 3.43. The van der Waals surface area contributed by atoms with Gasteiger partial charge in [-0.1, -0.05) is 47.7 Å². The highest BCUT2D eigenvalue weighted by molar-refractivity contribution is 5.74. The van der Waals surface area contributed by atoms with Crippen LogP contribution >= 0.6 is 0 Å². The van der Waals surface area contributed by atoms with Gasteiger partial charge < -0.3 is 4.74 Å². The predicted molar refractivity (Wildman–Crippen MR) is 82.5 cm³/mol. The maximum absolute atomic E-state index is 11.3. The van der Waals surface area contributed by atoms with Crippen molar-refractivity contribution in [3.05, 3.63) is 71.5 Å². The lowest BCUT2D eigenvalue weighted by Crippen LogP contribution is -2.06. The molecule has 0 spiro atoms. The van der Waals surface area contributed by atoms with E-state index >= 15 is 0 Å². The molecule has 1 heterocycles.